The molecule has 0 aliphatic heterocycles. The number of halogens is 2. The molecule has 0 aliphatic carbocycles. The first-order valence-electron chi connectivity index (χ1n) is 6.52. The molecule has 22 heavy (non-hydrogen) atoms. The highest BCUT2D eigenvalue weighted by molar-refractivity contribution is 7.15. The summed E-state index contributed by atoms with van der Waals surface area (Å²) in [6.07, 6.45) is 1.61. The summed E-state index contributed by atoms with van der Waals surface area (Å²) in [5, 5.41) is 3.82. The Labute approximate surface area is 129 Å². The van der Waals surface area contributed by atoms with Gasteiger partial charge in [-0.25, -0.2) is 23.7 Å². The number of aromatic nitrogens is 3. The van der Waals surface area contributed by atoms with Gasteiger partial charge in [-0.05, 0) is 32.0 Å². The maximum absolute atomic E-state index is 13.2. The van der Waals surface area contributed by atoms with Gasteiger partial charge in [-0.15, -0.1) is 11.3 Å². The second-order valence-electron chi connectivity index (χ2n) is 4.67. The van der Waals surface area contributed by atoms with E-state index in [-0.39, 0.29) is 0 Å². The first-order valence-corrected chi connectivity index (χ1v) is 7.34. The van der Waals surface area contributed by atoms with E-state index >= 15 is 0 Å². The Kier molecular flexibility index (Phi) is 3.81. The zero-order valence-corrected chi connectivity index (χ0v) is 12.7. The number of hydrogen-bond donors (Lipinski definition) is 1. The van der Waals surface area contributed by atoms with E-state index in [1.54, 1.807) is 23.6 Å². The number of aryl methyl sites for hydroxylation is 2. The molecule has 2 heterocycles. The molecular weight excluding hydrogens is 306 g/mol. The molecule has 7 heteroatoms. The topological polar surface area (TPSA) is 50.7 Å². The summed E-state index contributed by atoms with van der Waals surface area (Å²) in [5.41, 5.74) is 2.02. The van der Waals surface area contributed by atoms with Crippen molar-refractivity contribution >= 4 is 23.0 Å². The maximum atomic E-state index is 13.2. The first kappa shape index (κ1) is 14.5. The highest BCUT2D eigenvalue weighted by Crippen LogP contribution is 2.28. The first-order chi connectivity index (χ1) is 10.5. The lowest BCUT2D eigenvalue weighted by atomic mass is 10.3. The molecule has 3 aromatic rings. The van der Waals surface area contributed by atoms with Crippen LogP contribution in [0, 0.1) is 25.5 Å². The fourth-order valence-electron chi connectivity index (χ4n) is 2.02. The van der Waals surface area contributed by atoms with Crippen molar-refractivity contribution in [2.75, 3.05) is 5.32 Å². The minimum absolute atomic E-state index is 0.314. The van der Waals surface area contributed by atoms with Crippen LogP contribution in [0.3, 0.4) is 0 Å². The van der Waals surface area contributed by atoms with Crippen molar-refractivity contribution in [3.63, 3.8) is 0 Å². The molecule has 4 nitrogen and oxygen atoms in total. The Morgan fingerprint density at radius 3 is 2.55 bits per heavy atom. The van der Waals surface area contributed by atoms with E-state index in [1.807, 2.05) is 13.8 Å². The number of benzene rings is 1. The van der Waals surface area contributed by atoms with Gasteiger partial charge in [0.15, 0.2) is 11.6 Å². The molecule has 0 bridgehead atoms. The minimum atomic E-state index is -0.921. The Morgan fingerprint density at radius 2 is 1.86 bits per heavy atom. The highest BCUT2D eigenvalue weighted by Gasteiger charge is 2.10. The monoisotopic (exact) mass is 318 g/mol. The highest BCUT2D eigenvalue weighted by atomic mass is 32.1. The van der Waals surface area contributed by atoms with Crippen molar-refractivity contribution in [3.05, 3.63) is 52.8 Å². The summed E-state index contributed by atoms with van der Waals surface area (Å²) in [7, 11) is 0. The second-order valence-corrected chi connectivity index (χ2v) is 5.87. The smallest absolute Gasteiger partial charge is 0.227 e. The van der Waals surface area contributed by atoms with Crippen LogP contribution in [-0.2, 0) is 0 Å². The van der Waals surface area contributed by atoms with Gasteiger partial charge in [0.1, 0.15) is 0 Å². The summed E-state index contributed by atoms with van der Waals surface area (Å²) in [5.74, 6) is -1.50. The van der Waals surface area contributed by atoms with Crippen LogP contribution in [0.25, 0.3) is 10.6 Å². The Hall–Kier alpha value is -2.41. The van der Waals surface area contributed by atoms with Gasteiger partial charge < -0.3 is 5.32 Å². The minimum Gasteiger partial charge on any atom is -0.324 e. The van der Waals surface area contributed by atoms with E-state index in [0.717, 1.165) is 33.4 Å². The van der Waals surface area contributed by atoms with Gasteiger partial charge in [-0.3, -0.25) is 0 Å². The van der Waals surface area contributed by atoms with E-state index in [2.05, 4.69) is 20.3 Å². The van der Waals surface area contributed by atoms with Gasteiger partial charge in [0.2, 0.25) is 5.95 Å². The molecule has 1 N–H and O–H groups in total. The molecule has 0 unspecified atom stereocenters. The van der Waals surface area contributed by atoms with Crippen LogP contribution >= 0.6 is 11.3 Å². The zero-order chi connectivity index (χ0) is 15.7. The number of hydrogen-bond acceptors (Lipinski definition) is 5. The summed E-state index contributed by atoms with van der Waals surface area (Å²) < 4.78 is 26.1. The van der Waals surface area contributed by atoms with Gasteiger partial charge >= 0.3 is 0 Å². The lowest BCUT2D eigenvalue weighted by Crippen LogP contribution is -1.98. The second kappa shape index (κ2) is 5.76. The summed E-state index contributed by atoms with van der Waals surface area (Å²) in [4.78, 5) is 13.8. The predicted octanol–water partition coefficient (Wildman–Crippen LogP) is 4.24. The van der Waals surface area contributed by atoms with Crippen LogP contribution in [-0.4, -0.2) is 15.0 Å². The molecule has 0 spiro atoms. The van der Waals surface area contributed by atoms with Crippen LogP contribution < -0.4 is 5.32 Å². The van der Waals surface area contributed by atoms with Gasteiger partial charge in [-0.1, -0.05) is 0 Å². The third-order valence-electron chi connectivity index (χ3n) is 2.97. The molecule has 2 aromatic heterocycles. The molecule has 112 valence electrons. The standard InChI is InChI=1S/C15H12F2N4S/c1-8-14(22-9(2)19-8)13-5-6-18-15(21-13)20-10-3-4-11(16)12(17)7-10/h3-7H,1-2H3,(H,18,20,21). The maximum Gasteiger partial charge on any atom is 0.227 e. The zero-order valence-electron chi connectivity index (χ0n) is 11.9. The molecular formula is C15H12F2N4S. The third-order valence-corrected chi connectivity index (χ3v) is 4.06. The van der Waals surface area contributed by atoms with Crippen molar-refractivity contribution in [1.29, 1.82) is 0 Å². The van der Waals surface area contributed by atoms with E-state index in [9.17, 15) is 8.78 Å². The molecule has 0 saturated heterocycles. The number of rotatable bonds is 3. The Morgan fingerprint density at radius 1 is 1.05 bits per heavy atom. The van der Waals surface area contributed by atoms with Crippen molar-refractivity contribution in [2.45, 2.75) is 13.8 Å². The van der Waals surface area contributed by atoms with Crippen LogP contribution in [0.2, 0.25) is 0 Å². The number of anilines is 2. The third kappa shape index (κ3) is 2.94. The van der Waals surface area contributed by atoms with E-state index in [1.165, 1.54) is 6.07 Å². The average Bonchev–Trinajstić information content (AvgIpc) is 2.82. The fraction of sp³-hybridized carbons (Fsp3) is 0.133. The lowest BCUT2D eigenvalue weighted by Gasteiger charge is -2.06. The van der Waals surface area contributed by atoms with Crippen molar-refractivity contribution < 1.29 is 8.78 Å². The molecule has 1 aromatic carbocycles. The average molecular weight is 318 g/mol. The van der Waals surface area contributed by atoms with E-state index in [0.29, 0.717) is 11.6 Å². The number of nitrogens with zero attached hydrogens (tertiary/aromatic N) is 3. The van der Waals surface area contributed by atoms with Crippen LogP contribution in [0.4, 0.5) is 20.4 Å². The van der Waals surface area contributed by atoms with Crippen LogP contribution in [0.15, 0.2) is 30.5 Å². The van der Waals surface area contributed by atoms with Gasteiger partial charge in [0.25, 0.3) is 0 Å². The SMILES string of the molecule is Cc1nc(C)c(-c2ccnc(Nc3ccc(F)c(F)c3)n2)s1. The molecule has 0 saturated carbocycles. The Balaban J connectivity index is 1.91. The molecule has 0 fully saturated rings. The molecule has 3 rings (SSSR count). The Bertz CT molecular complexity index is 832. The van der Waals surface area contributed by atoms with Crippen molar-refractivity contribution in [1.82, 2.24) is 15.0 Å². The molecule has 0 radical (unpaired) electrons. The van der Waals surface area contributed by atoms with Crippen molar-refractivity contribution in [3.8, 4) is 10.6 Å². The number of thiazole rings is 1. The lowest BCUT2D eigenvalue weighted by molar-refractivity contribution is 0.509. The largest absolute Gasteiger partial charge is 0.324 e. The fourth-order valence-corrected chi connectivity index (χ4v) is 2.91. The molecule has 0 atom stereocenters. The molecule has 0 aliphatic rings. The van der Waals surface area contributed by atoms with Crippen molar-refractivity contribution in [2.24, 2.45) is 0 Å². The van der Waals surface area contributed by atoms with Gasteiger partial charge in [-0.2, -0.15) is 0 Å². The predicted molar refractivity (Wildman–Crippen MR) is 82.3 cm³/mol. The normalized spacial score (nSPS) is 10.7. The van der Waals surface area contributed by atoms with Crippen LogP contribution in [0.1, 0.15) is 10.7 Å². The van der Waals surface area contributed by atoms with E-state index in [4.69, 9.17) is 0 Å². The summed E-state index contributed by atoms with van der Waals surface area (Å²) in [6, 6.07) is 5.33. The van der Waals surface area contributed by atoms with Gasteiger partial charge in [0, 0.05) is 18.0 Å². The van der Waals surface area contributed by atoms with E-state index < -0.39 is 11.6 Å². The summed E-state index contributed by atoms with van der Waals surface area (Å²) in [6.45, 7) is 3.85. The quantitative estimate of drug-likeness (QED) is 0.785. The van der Waals surface area contributed by atoms with Crippen LogP contribution in [0.5, 0.6) is 0 Å². The summed E-state index contributed by atoms with van der Waals surface area (Å²) >= 11 is 1.55. The van der Waals surface area contributed by atoms with Gasteiger partial charge in [0.05, 0.1) is 21.3 Å². The number of nitrogens with one attached hydrogen (secondary N) is 1. The molecule has 0 amide bonds.